The van der Waals surface area contributed by atoms with Crippen molar-refractivity contribution in [3.8, 4) is 0 Å². The van der Waals surface area contributed by atoms with Crippen molar-refractivity contribution in [2.75, 3.05) is 26.2 Å². The van der Waals surface area contributed by atoms with Gasteiger partial charge in [0.05, 0.1) is 6.04 Å². The predicted molar refractivity (Wildman–Crippen MR) is 125 cm³/mol. The van der Waals surface area contributed by atoms with Gasteiger partial charge in [0.2, 0.25) is 0 Å². The van der Waals surface area contributed by atoms with Gasteiger partial charge in [-0.2, -0.15) is 0 Å². The van der Waals surface area contributed by atoms with Crippen LogP contribution in [0.25, 0.3) is 0 Å². The Morgan fingerprint density at radius 3 is 2.28 bits per heavy atom. The number of likely N-dealkylation sites (tertiary alicyclic amines) is 2. The number of hydrogen-bond donors (Lipinski definition) is 1. The van der Waals surface area contributed by atoms with Gasteiger partial charge in [0, 0.05) is 49.2 Å². The van der Waals surface area contributed by atoms with Gasteiger partial charge in [0.25, 0.3) is 11.8 Å². The third kappa shape index (κ3) is 5.36. The topological polar surface area (TPSA) is 65.5 Å². The Labute approximate surface area is 191 Å². The molecule has 3 heterocycles. The van der Waals surface area contributed by atoms with E-state index in [-0.39, 0.29) is 17.9 Å². The molecule has 0 aliphatic carbocycles. The van der Waals surface area contributed by atoms with E-state index >= 15 is 0 Å². The highest BCUT2D eigenvalue weighted by molar-refractivity contribution is 5.98. The van der Waals surface area contributed by atoms with E-state index in [9.17, 15) is 9.59 Å². The second kappa shape index (κ2) is 10.3. The molecule has 6 heteroatoms. The summed E-state index contributed by atoms with van der Waals surface area (Å²) < 4.78 is 0. The zero-order valence-corrected chi connectivity index (χ0v) is 19.2. The van der Waals surface area contributed by atoms with Crippen LogP contribution in [0, 0.1) is 5.92 Å². The van der Waals surface area contributed by atoms with Gasteiger partial charge in [-0.3, -0.25) is 19.5 Å². The smallest absolute Gasteiger partial charge is 0.253 e. The van der Waals surface area contributed by atoms with E-state index in [1.54, 1.807) is 36.7 Å². The van der Waals surface area contributed by atoms with Crippen LogP contribution in [0.3, 0.4) is 0 Å². The van der Waals surface area contributed by atoms with Crippen molar-refractivity contribution in [3.05, 3.63) is 65.5 Å². The van der Waals surface area contributed by atoms with Crippen molar-refractivity contribution < 1.29 is 9.59 Å². The second-order valence-corrected chi connectivity index (χ2v) is 9.32. The number of amides is 2. The molecule has 2 amide bonds. The summed E-state index contributed by atoms with van der Waals surface area (Å²) in [6, 6.07) is 11.3. The first-order chi connectivity index (χ1) is 15.5. The fourth-order valence-corrected chi connectivity index (χ4v) is 4.95. The molecule has 2 aliphatic heterocycles. The maximum absolute atomic E-state index is 13.0. The number of piperidine rings is 2. The van der Waals surface area contributed by atoms with Gasteiger partial charge in [-0.05, 0) is 87.0 Å². The van der Waals surface area contributed by atoms with E-state index in [1.807, 2.05) is 24.0 Å². The minimum Gasteiger partial charge on any atom is -0.346 e. The summed E-state index contributed by atoms with van der Waals surface area (Å²) in [6.45, 7) is 8.29. The lowest BCUT2D eigenvalue weighted by Gasteiger charge is -2.41. The number of carbonyl (C=O) groups excluding carboxylic acids is 2. The number of pyridine rings is 1. The lowest BCUT2D eigenvalue weighted by Crippen LogP contribution is -2.49. The van der Waals surface area contributed by atoms with Crippen LogP contribution in [0.5, 0.6) is 0 Å². The van der Waals surface area contributed by atoms with E-state index in [0.717, 1.165) is 37.4 Å². The van der Waals surface area contributed by atoms with Crippen molar-refractivity contribution in [2.24, 2.45) is 5.92 Å². The minimum atomic E-state index is -0.148. The predicted octanol–water partition coefficient (Wildman–Crippen LogP) is 3.91. The normalized spacial score (nSPS) is 21.2. The van der Waals surface area contributed by atoms with Crippen LogP contribution in [0.2, 0.25) is 0 Å². The maximum Gasteiger partial charge on any atom is 0.253 e. The van der Waals surface area contributed by atoms with Crippen LogP contribution in [0.15, 0.2) is 48.8 Å². The van der Waals surface area contributed by atoms with Crippen LogP contribution >= 0.6 is 0 Å². The van der Waals surface area contributed by atoms with E-state index in [1.165, 1.54) is 25.9 Å². The highest BCUT2D eigenvalue weighted by atomic mass is 16.2. The van der Waals surface area contributed by atoms with Crippen LogP contribution in [0.4, 0.5) is 0 Å². The minimum absolute atomic E-state index is 0.0626. The van der Waals surface area contributed by atoms with E-state index in [2.05, 4.69) is 22.1 Å². The first-order valence-corrected chi connectivity index (χ1v) is 11.9. The molecular weight excluding hydrogens is 400 g/mol. The molecule has 32 heavy (non-hydrogen) atoms. The molecule has 2 unspecified atom stereocenters. The van der Waals surface area contributed by atoms with Gasteiger partial charge in [0.15, 0.2) is 0 Å². The molecule has 2 aromatic rings. The Morgan fingerprint density at radius 2 is 1.62 bits per heavy atom. The van der Waals surface area contributed by atoms with Gasteiger partial charge < -0.3 is 10.2 Å². The second-order valence-electron chi connectivity index (χ2n) is 9.32. The Morgan fingerprint density at radius 1 is 0.969 bits per heavy atom. The largest absolute Gasteiger partial charge is 0.346 e. The van der Waals surface area contributed by atoms with Crippen LogP contribution in [-0.4, -0.2) is 58.8 Å². The first kappa shape index (κ1) is 22.5. The summed E-state index contributed by atoms with van der Waals surface area (Å²) in [5, 5.41) is 3.00. The summed E-state index contributed by atoms with van der Waals surface area (Å²) in [5.74, 6) is 0.698. The monoisotopic (exact) mass is 434 g/mol. The number of rotatable bonds is 5. The third-order valence-corrected chi connectivity index (χ3v) is 6.90. The summed E-state index contributed by atoms with van der Waals surface area (Å²) >= 11 is 0. The van der Waals surface area contributed by atoms with Gasteiger partial charge in [0.1, 0.15) is 0 Å². The molecule has 4 rings (SSSR count). The molecule has 0 spiro atoms. The Balaban J connectivity index is 1.30. The summed E-state index contributed by atoms with van der Waals surface area (Å²) in [4.78, 5) is 34.2. The zero-order chi connectivity index (χ0) is 22.5. The highest BCUT2D eigenvalue weighted by Crippen LogP contribution is 2.24. The Bertz CT molecular complexity index is 907. The van der Waals surface area contributed by atoms with Crippen LogP contribution in [-0.2, 0) is 0 Å². The summed E-state index contributed by atoms with van der Waals surface area (Å²) in [6.07, 6.45) is 8.16. The van der Waals surface area contributed by atoms with E-state index in [0.29, 0.717) is 17.2 Å². The molecule has 2 aliphatic rings. The SMILES string of the molecule is CC1CCCN(C2CCN(C(=O)c3ccc(C(=O)NC(C)c4ccncc4)cc3)CC2)C1. The fraction of sp³-hybridized carbons (Fsp3) is 0.500. The van der Waals surface area contributed by atoms with Crippen molar-refractivity contribution in [1.82, 2.24) is 20.1 Å². The number of nitrogens with one attached hydrogen (secondary N) is 1. The quantitative estimate of drug-likeness (QED) is 0.775. The standard InChI is InChI=1S/C26H34N4O2/c1-19-4-3-15-30(18-19)24-11-16-29(17-12-24)26(32)23-7-5-22(6-8-23)25(31)28-20(2)21-9-13-27-14-10-21/h5-10,13-14,19-20,24H,3-4,11-12,15-18H2,1-2H3,(H,28,31). The van der Waals surface area contributed by atoms with Crippen molar-refractivity contribution in [2.45, 2.75) is 51.6 Å². The number of nitrogens with zero attached hydrogens (tertiary/aromatic N) is 3. The number of aromatic nitrogens is 1. The lowest BCUT2D eigenvalue weighted by atomic mass is 9.95. The number of benzene rings is 1. The molecule has 1 aromatic carbocycles. The average molecular weight is 435 g/mol. The van der Waals surface area contributed by atoms with Gasteiger partial charge in [-0.25, -0.2) is 0 Å². The first-order valence-electron chi connectivity index (χ1n) is 11.9. The van der Waals surface area contributed by atoms with E-state index < -0.39 is 0 Å². The van der Waals surface area contributed by atoms with Crippen molar-refractivity contribution in [1.29, 1.82) is 0 Å². The maximum atomic E-state index is 13.0. The van der Waals surface area contributed by atoms with Crippen LogP contribution < -0.4 is 5.32 Å². The van der Waals surface area contributed by atoms with Gasteiger partial charge in [-0.1, -0.05) is 6.92 Å². The molecule has 2 atom stereocenters. The van der Waals surface area contributed by atoms with Crippen LogP contribution in [0.1, 0.15) is 71.9 Å². The van der Waals surface area contributed by atoms with E-state index in [4.69, 9.17) is 0 Å². The molecule has 0 radical (unpaired) electrons. The molecule has 0 saturated carbocycles. The molecule has 2 fully saturated rings. The Kier molecular flexibility index (Phi) is 7.20. The van der Waals surface area contributed by atoms with Crippen molar-refractivity contribution in [3.63, 3.8) is 0 Å². The zero-order valence-electron chi connectivity index (χ0n) is 19.2. The molecule has 6 nitrogen and oxygen atoms in total. The van der Waals surface area contributed by atoms with Crippen molar-refractivity contribution >= 4 is 11.8 Å². The molecule has 0 bridgehead atoms. The lowest BCUT2D eigenvalue weighted by molar-refractivity contribution is 0.0541. The summed E-state index contributed by atoms with van der Waals surface area (Å²) in [5.41, 5.74) is 2.21. The Hall–Kier alpha value is -2.73. The summed E-state index contributed by atoms with van der Waals surface area (Å²) in [7, 11) is 0. The molecule has 1 N–H and O–H groups in total. The number of hydrogen-bond acceptors (Lipinski definition) is 4. The average Bonchev–Trinajstić information content (AvgIpc) is 2.84. The molecule has 1 aromatic heterocycles. The molecule has 170 valence electrons. The van der Waals surface area contributed by atoms with Gasteiger partial charge >= 0.3 is 0 Å². The number of carbonyl (C=O) groups is 2. The fourth-order valence-electron chi connectivity index (χ4n) is 4.95. The van der Waals surface area contributed by atoms with Gasteiger partial charge in [-0.15, -0.1) is 0 Å². The third-order valence-electron chi connectivity index (χ3n) is 6.90. The molecule has 2 saturated heterocycles. The molecular formula is C26H34N4O2. The highest BCUT2D eigenvalue weighted by Gasteiger charge is 2.29.